The molecule has 618 valence electrons. The number of hydrogen-bond donors (Lipinski definition) is 3. The summed E-state index contributed by atoms with van der Waals surface area (Å²) in [5, 5.41) is 10.7. The van der Waals surface area contributed by atoms with Gasteiger partial charge in [0.1, 0.15) is 19.3 Å². The molecule has 0 fully saturated rings. The number of rotatable bonds is 86. The molecule has 0 bridgehead atoms. The predicted molar refractivity (Wildman–Crippen MR) is 428 cm³/mol. The first-order valence-electron chi connectivity index (χ1n) is 44.3. The van der Waals surface area contributed by atoms with E-state index < -0.39 is 97.5 Å². The molecule has 0 rings (SSSR count). The molecule has 0 heterocycles. The number of carbonyl (C=O) groups excluding carboxylic acids is 4. The van der Waals surface area contributed by atoms with Crippen molar-refractivity contribution in [2.75, 3.05) is 39.6 Å². The van der Waals surface area contributed by atoms with Gasteiger partial charge in [-0.15, -0.1) is 0 Å². The molecule has 0 amide bonds. The molecule has 3 N–H and O–H groups in total. The van der Waals surface area contributed by atoms with Gasteiger partial charge in [-0.25, -0.2) is 9.13 Å². The number of esters is 4. The lowest BCUT2D eigenvalue weighted by Crippen LogP contribution is -2.30. The summed E-state index contributed by atoms with van der Waals surface area (Å²) >= 11 is 0. The number of phosphoric acid groups is 2. The molecule has 0 aliphatic carbocycles. The van der Waals surface area contributed by atoms with E-state index in [1.165, 1.54) is 295 Å². The first-order valence-corrected chi connectivity index (χ1v) is 47.3. The summed E-state index contributed by atoms with van der Waals surface area (Å²) in [6, 6.07) is 0. The van der Waals surface area contributed by atoms with Crippen molar-refractivity contribution in [3.05, 3.63) is 0 Å². The van der Waals surface area contributed by atoms with E-state index >= 15 is 0 Å². The first-order chi connectivity index (χ1) is 50.7. The Morgan fingerprint density at radius 2 is 0.385 bits per heavy atom. The SMILES string of the molecule is CCCCCCCCCCCCCCCCCCCCCCC(=O)O[C@H](COC(=O)CCCCCCCCCCCCCCCCCCCC)COP(=O)(O)OC[C@@H](O)COP(=O)(O)OC[C@@H](COC(=O)CCCCCCCCCCCCCCC)OC(=O)CCCCCCCCCCCCCCC. The van der Waals surface area contributed by atoms with Crippen molar-refractivity contribution >= 4 is 39.5 Å². The van der Waals surface area contributed by atoms with Gasteiger partial charge in [-0.3, -0.25) is 37.3 Å². The second-order valence-corrected chi connectivity index (χ2v) is 33.5. The average molecular weight is 1520 g/mol. The Balaban J connectivity index is 5.24. The van der Waals surface area contributed by atoms with E-state index in [1.54, 1.807) is 0 Å². The Bertz CT molecular complexity index is 1960. The summed E-state index contributed by atoms with van der Waals surface area (Å²) in [5.41, 5.74) is 0. The topological polar surface area (TPSA) is 237 Å². The third-order valence-corrected chi connectivity index (χ3v) is 22.0. The van der Waals surface area contributed by atoms with E-state index in [1.807, 2.05) is 0 Å². The number of ether oxygens (including phenoxy) is 4. The quantitative estimate of drug-likeness (QED) is 0.0222. The third-order valence-electron chi connectivity index (χ3n) is 20.1. The average Bonchev–Trinajstić information content (AvgIpc) is 0.911. The van der Waals surface area contributed by atoms with Gasteiger partial charge in [-0.1, -0.05) is 413 Å². The van der Waals surface area contributed by atoms with E-state index in [9.17, 15) is 43.2 Å². The number of aliphatic hydroxyl groups is 1. The zero-order valence-corrected chi connectivity index (χ0v) is 69.8. The molecule has 0 aromatic rings. The Labute approximate surface area is 638 Å². The standard InChI is InChI=1S/C85H166O17P2/c1-5-9-13-17-21-25-29-33-35-37-39-40-42-44-48-52-56-60-64-68-72-85(90)102-81(76-96-83(88)70-66-62-58-54-50-47-43-41-38-36-34-30-26-22-18-14-10-6-2)78-100-104(93,94)98-74-79(86)73-97-103(91,92)99-77-80(101-84(89)71-67-63-59-55-51-46-32-28-24-20-16-12-8-4)75-95-82(87)69-65-61-57-53-49-45-31-27-23-19-15-11-7-3/h79-81,86H,5-78H2,1-4H3,(H,91,92)(H,93,94)/t79-,80+,81+/m0/s1. The van der Waals surface area contributed by atoms with Crippen molar-refractivity contribution < 1.29 is 80.2 Å². The summed E-state index contributed by atoms with van der Waals surface area (Å²) in [6.07, 6.45) is 73.5. The van der Waals surface area contributed by atoms with Crippen LogP contribution in [0.5, 0.6) is 0 Å². The second-order valence-electron chi connectivity index (χ2n) is 30.6. The van der Waals surface area contributed by atoms with E-state index in [2.05, 4.69) is 27.7 Å². The summed E-state index contributed by atoms with van der Waals surface area (Å²) in [5.74, 6) is -2.10. The van der Waals surface area contributed by atoms with Crippen molar-refractivity contribution in [1.29, 1.82) is 0 Å². The van der Waals surface area contributed by atoms with E-state index in [0.717, 1.165) is 89.9 Å². The van der Waals surface area contributed by atoms with E-state index in [-0.39, 0.29) is 25.7 Å². The van der Waals surface area contributed by atoms with Crippen LogP contribution in [-0.2, 0) is 65.4 Å². The molecule has 19 heteroatoms. The molecule has 17 nitrogen and oxygen atoms in total. The molecule has 0 saturated carbocycles. The van der Waals surface area contributed by atoms with Gasteiger partial charge in [0.2, 0.25) is 0 Å². The Morgan fingerprint density at radius 1 is 0.231 bits per heavy atom. The highest BCUT2D eigenvalue weighted by Crippen LogP contribution is 2.45. The van der Waals surface area contributed by atoms with Gasteiger partial charge in [0.25, 0.3) is 0 Å². The molecular weight excluding hydrogens is 1350 g/mol. The fraction of sp³-hybridized carbons (Fsp3) is 0.953. The van der Waals surface area contributed by atoms with Crippen LogP contribution >= 0.6 is 15.6 Å². The third kappa shape index (κ3) is 78.2. The summed E-state index contributed by atoms with van der Waals surface area (Å²) in [7, 11) is -9.92. The Kier molecular flexibility index (Phi) is 77.7. The minimum Gasteiger partial charge on any atom is -0.462 e. The van der Waals surface area contributed by atoms with Crippen LogP contribution in [0.4, 0.5) is 0 Å². The summed E-state index contributed by atoms with van der Waals surface area (Å²) in [4.78, 5) is 73.2. The van der Waals surface area contributed by atoms with Gasteiger partial charge in [-0.05, 0) is 25.7 Å². The van der Waals surface area contributed by atoms with Crippen LogP contribution in [-0.4, -0.2) is 96.7 Å². The summed E-state index contributed by atoms with van der Waals surface area (Å²) in [6.45, 7) is 5.06. The van der Waals surface area contributed by atoms with Crippen molar-refractivity contribution in [2.45, 2.75) is 483 Å². The van der Waals surface area contributed by atoms with Gasteiger partial charge < -0.3 is 33.8 Å². The smallest absolute Gasteiger partial charge is 0.462 e. The molecule has 0 saturated heterocycles. The van der Waals surface area contributed by atoms with Gasteiger partial charge >= 0.3 is 39.5 Å². The van der Waals surface area contributed by atoms with Gasteiger partial charge in [-0.2, -0.15) is 0 Å². The normalized spacial score (nSPS) is 13.7. The zero-order valence-electron chi connectivity index (χ0n) is 68.0. The maximum absolute atomic E-state index is 13.1. The first kappa shape index (κ1) is 102. The van der Waals surface area contributed by atoms with E-state index in [0.29, 0.717) is 25.7 Å². The number of carbonyl (C=O) groups is 4. The largest absolute Gasteiger partial charge is 0.472 e. The molecule has 0 aliphatic heterocycles. The van der Waals surface area contributed by atoms with E-state index in [4.69, 9.17) is 37.0 Å². The minimum absolute atomic E-state index is 0.109. The number of phosphoric ester groups is 2. The van der Waals surface area contributed by atoms with Crippen LogP contribution in [0.25, 0.3) is 0 Å². The van der Waals surface area contributed by atoms with Crippen LogP contribution < -0.4 is 0 Å². The number of hydrogen-bond acceptors (Lipinski definition) is 15. The van der Waals surface area contributed by atoms with Crippen LogP contribution in [0.1, 0.15) is 464 Å². The molecule has 0 aliphatic rings. The maximum atomic E-state index is 13.1. The molecule has 0 aromatic heterocycles. The highest BCUT2D eigenvalue weighted by molar-refractivity contribution is 7.47. The molecule has 2 unspecified atom stereocenters. The van der Waals surface area contributed by atoms with Crippen molar-refractivity contribution in [1.82, 2.24) is 0 Å². The molecule has 0 radical (unpaired) electrons. The fourth-order valence-corrected chi connectivity index (χ4v) is 14.9. The van der Waals surface area contributed by atoms with Gasteiger partial charge in [0.05, 0.1) is 26.4 Å². The van der Waals surface area contributed by atoms with Gasteiger partial charge in [0, 0.05) is 25.7 Å². The molecule has 5 atom stereocenters. The lowest BCUT2D eigenvalue weighted by atomic mass is 10.0. The molecule has 104 heavy (non-hydrogen) atoms. The van der Waals surface area contributed by atoms with Gasteiger partial charge in [0.15, 0.2) is 12.2 Å². The Morgan fingerprint density at radius 3 is 0.567 bits per heavy atom. The maximum Gasteiger partial charge on any atom is 0.472 e. The van der Waals surface area contributed by atoms with Crippen LogP contribution in [0.2, 0.25) is 0 Å². The van der Waals surface area contributed by atoms with Crippen molar-refractivity contribution in [3.63, 3.8) is 0 Å². The van der Waals surface area contributed by atoms with Crippen LogP contribution in [0.3, 0.4) is 0 Å². The lowest BCUT2D eigenvalue weighted by molar-refractivity contribution is -0.161. The van der Waals surface area contributed by atoms with Crippen molar-refractivity contribution in [2.24, 2.45) is 0 Å². The minimum atomic E-state index is -4.96. The molecule has 0 spiro atoms. The number of aliphatic hydroxyl groups excluding tert-OH is 1. The van der Waals surface area contributed by atoms with Crippen LogP contribution in [0, 0.1) is 0 Å². The molecular formula is C85H166O17P2. The zero-order chi connectivity index (χ0) is 76.0. The van der Waals surface area contributed by atoms with Crippen molar-refractivity contribution in [3.8, 4) is 0 Å². The highest BCUT2D eigenvalue weighted by atomic mass is 31.2. The fourth-order valence-electron chi connectivity index (χ4n) is 13.3. The monoisotopic (exact) mass is 1520 g/mol. The molecule has 0 aromatic carbocycles. The number of unbranched alkanes of at least 4 members (excludes halogenated alkanes) is 60. The Hall–Kier alpha value is -1.94. The second kappa shape index (κ2) is 79.2. The van der Waals surface area contributed by atoms with Crippen LogP contribution in [0.15, 0.2) is 0 Å². The lowest BCUT2D eigenvalue weighted by Gasteiger charge is -2.21. The predicted octanol–water partition coefficient (Wildman–Crippen LogP) is 26.1. The summed E-state index contributed by atoms with van der Waals surface area (Å²) < 4.78 is 68.9. The highest BCUT2D eigenvalue weighted by Gasteiger charge is 2.30.